The summed E-state index contributed by atoms with van der Waals surface area (Å²) >= 11 is 0. The van der Waals surface area contributed by atoms with Crippen LogP contribution in [0.5, 0.6) is 5.75 Å². The molecule has 2 heteroatoms. The first kappa shape index (κ1) is 10.1. The number of hydrogen-bond acceptors (Lipinski definition) is 2. The summed E-state index contributed by atoms with van der Waals surface area (Å²) in [6.45, 7) is 5.81. The third-order valence-electron chi connectivity index (χ3n) is 2.48. The number of rotatable bonds is 2. The molecule has 0 radical (unpaired) electrons. The van der Waals surface area contributed by atoms with Gasteiger partial charge in [0, 0.05) is 12.5 Å². The Kier molecular flexibility index (Phi) is 2.94. The fraction of sp³-hybridized carbons (Fsp3) is 0.455. The van der Waals surface area contributed by atoms with E-state index >= 15 is 0 Å². The summed E-state index contributed by atoms with van der Waals surface area (Å²) in [5, 5.41) is 18.6. The van der Waals surface area contributed by atoms with Crippen LogP contribution in [-0.2, 0) is 0 Å². The topological polar surface area (TPSA) is 40.5 Å². The summed E-state index contributed by atoms with van der Waals surface area (Å²) in [6.07, 6.45) is 0. The van der Waals surface area contributed by atoms with E-state index in [9.17, 15) is 5.11 Å². The first-order valence-corrected chi connectivity index (χ1v) is 4.47. The fourth-order valence-corrected chi connectivity index (χ4v) is 1.48. The van der Waals surface area contributed by atoms with E-state index < -0.39 is 0 Å². The molecule has 0 saturated carbocycles. The minimum absolute atomic E-state index is 0.0894. The van der Waals surface area contributed by atoms with Crippen molar-refractivity contribution in [3.05, 3.63) is 28.8 Å². The average molecular weight is 180 g/mol. The van der Waals surface area contributed by atoms with Gasteiger partial charge in [0.1, 0.15) is 5.75 Å². The summed E-state index contributed by atoms with van der Waals surface area (Å²) < 4.78 is 0. The van der Waals surface area contributed by atoms with Gasteiger partial charge in [0.2, 0.25) is 0 Å². The molecule has 13 heavy (non-hydrogen) atoms. The molecule has 1 aromatic carbocycles. The summed E-state index contributed by atoms with van der Waals surface area (Å²) in [5.74, 6) is 0.435. The van der Waals surface area contributed by atoms with Crippen molar-refractivity contribution in [2.45, 2.75) is 26.7 Å². The van der Waals surface area contributed by atoms with E-state index in [1.165, 1.54) is 0 Å². The first-order chi connectivity index (χ1) is 6.07. The van der Waals surface area contributed by atoms with Crippen molar-refractivity contribution < 1.29 is 10.2 Å². The van der Waals surface area contributed by atoms with Crippen LogP contribution in [0, 0.1) is 13.8 Å². The summed E-state index contributed by atoms with van der Waals surface area (Å²) in [7, 11) is 0. The molecule has 0 aliphatic heterocycles. The van der Waals surface area contributed by atoms with Gasteiger partial charge in [0.05, 0.1) is 0 Å². The third kappa shape index (κ3) is 1.83. The SMILES string of the molecule is Cc1ccc(C(C)CO)c(C)c1O. The van der Waals surface area contributed by atoms with Crippen LogP contribution in [0.4, 0.5) is 0 Å². The lowest BCUT2D eigenvalue weighted by Crippen LogP contribution is -2.01. The molecular formula is C11H16O2. The van der Waals surface area contributed by atoms with Gasteiger partial charge in [-0.3, -0.25) is 0 Å². The van der Waals surface area contributed by atoms with Crippen LogP contribution in [0.2, 0.25) is 0 Å². The molecule has 1 atom stereocenters. The quantitative estimate of drug-likeness (QED) is 0.731. The number of phenols is 1. The van der Waals surface area contributed by atoms with Crippen LogP contribution < -0.4 is 0 Å². The summed E-state index contributed by atoms with van der Waals surface area (Å²) in [5.41, 5.74) is 2.78. The van der Waals surface area contributed by atoms with Crippen molar-refractivity contribution in [3.8, 4) is 5.75 Å². The number of aliphatic hydroxyl groups is 1. The molecule has 0 fully saturated rings. The lowest BCUT2D eigenvalue weighted by Gasteiger charge is -2.14. The Hall–Kier alpha value is -1.02. The van der Waals surface area contributed by atoms with E-state index in [4.69, 9.17) is 5.11 Å². The highest BCUT2D eigenvalue weighted by atomic mass is 16.3. The van der Waals surface area contributed by atoms with Gasteiger partial charge >= 0.3 is 0 Å². The van der Waals surface area contributed by atoms with Crippen molar-refractivity contribution in [1.29, 1.82) is 0 Å². The standard InChI is InChI=1S/C11H16O2/c1-7-4-5-10(8(2)6-12)9(3)11(7)13/h4-5,8,12-13H,6H2,1-3H3. The van der Waals surface area contributed by atoms with Gasteiger partial charge in [0.15, 0.2) is 0 Å². The molecular weight excluding hydrogens is 164 g/mol. The van der Waals surface area contributed by atoms with Crippen LogP contribution in [0.15, 0.2) is 12.1 Å². The van der Waals surface area contributed by atoms with Crippen molar-refractivity contribution in [2.75, 3.05) is 6.61 Å². The molecule has 0 spiro atoms. The molecule has 2 nitrogen and oxygen atoms in total. The smallest absolute Gasteiger partial charge is 0.121 e. The molecule has 0 amide bonds. The van der Waals surface area contributed by atoms with Gasteiger partial charge < -0.3 is 10.2 Å². The Morgan fingerprint density at radius 1 is 1.31 bits per heavy atom. The maximum Gasteiger partial charge on any atom is 0.121 e. The minimum atomic E-state index is 0.0894. The molecule has 2 N–H and O–H groups in total. The van der Waals surface area contributed by atoms with Gasteiger partial charge in [-0.25, -0.2) is 0 Å². The number of aliphatic hydroxyl groups excluding tert-OH is 1. The molecule has 0 aromatic heterocycles. The van der Waals surface area contributed by atoms with Gasteiger partial charge in [0.25, 0.3) is 0 Å². The van der Waals surface area contributed by atoms with E-state index in [2.05, 4.69) is 0 Å². The first-order valence-electron chi connectivity index (χ1n) is 4.47. The molecule has 0 heterocycles. The monoisotopic (exact) mass is 180 g/mol. The zero-order valence-corrected chi connectivity index (χ0v) is 8.33. The molecule has 1 aromatic rings. The highest BCUT2D eigenvalue weighted by Crippen LogP contribution is 2.28. The second-order valence-corrected chi connectivity index (χ2v) is 3.53. The predicted octanol–water partition coefficient (Wildman–Crippen LogP) is 2.10. The second-order valence-electron chi connectivity index (χ2n) is 3.53. The van der Waals surface area contributed by atoms with Gasteiger partial charge in [-0.1, -0.05) is 19.1 Å². The summed E-state index contributed by atoms with van der Waals surface area (Å²) in [4.78, 5) is 0. The number of hydrogen-bond donors (Lipinski definition) is 2. The fourth-order valence-electron chi connectivity index (χ4n) is 1.48. The zero-order chi connectivity index (χ0) is 10.0. The van der Waals surface area contributed by atoms with Gasteiger partial charge in [-0.15, -0.1) is 0 Å². The maximum atomic E-state index is 9.65. The van der Waals surface area contributed by atoms with E-state index in [0.29, 0.717) is 5.75 Å². The normalized spacial score (nSPS) is 12.9. The largest absolute Gasteiger partial charge is 0.507 e. The lowest BCUT2D eigenvalue weighted by molar-refractivity contribution is 0.272. The Morgan fingerprint density at radius 2 is 1.92 bits per heavy atom. The molecule has 0 aliphatic rings. The van der Waals surface area contributed by atoms with Crippen molar-refractivity contribution >= 4 is 0 Å². The third-order valence-corrected chi connectivity index (χ3v) is 2.48. The Morgan fingerprint density at radius 3 is 2.46 bits per heavy atom. The van der Waals surface area contributed by atoms with Crippen molar-refractivity contribution in [3.63, 3.8) is 0 Å². The highest BCUT2D eigenvalue weighted by Gasteiger charge is 2.11. The van der Waals surface area contributed by atoms with Crippen molar-refractivity contribution in [2.24, 2.45) is 0 Å². The van der Waals surface area contributed by atoms with E-state index in [0.717, 1.165) is 16.7 Å². The van der Waals surface area contributed by atoms with E-state index in [1.807, 2.05) is 32.9 Å². The average Bonchev–Trinajstić information content (AvgIpc) is 2.13. The van der Waals surface area contributed by atoms with E-state index in [1.54, 1.807) is 0 Å². The number of phenolic OH excluding ortho intramolecular Hbond substituents is 1. The van der Waals surface area contributed by atoms with Crippen molar-refractivity contribution in [1.82, 2.24) is 0 Å². The van der Waals surface area contributed by atoms with Crippen LogP contribution in [0.3, 0.4) is 0 Å². The van der Waals surface area contributed by atoms with Crippen LogP contribution in [0.25, 0.3) is 0 Å². The van der Waals surface area contributed by atoms with E-state index in [-0.39, 0.29) is 12.5 Å². The van der Waals surface area contributed by atoms with Gasteiger partial charge in [-0.2, -0.15) is 0 Å². The number of benzene rings is 1. The Bertz CT molecular complexity index is 305. The Balaban J connectivity index is 3.18. The van der Waals surface area contributed by atoms with Crippen LogP contribution in [0.1, 0.15) is 29.5 Å². The number of aryl methyl sites for hydroxylation is 1. The second kappa shape index (κ2) is 3.79. The lowest BCUT2D eigenvalue weighted by atomic mass is 9.95. The number of aromatic hydroxyl groups is 1. The predicted molar refractivity (Wildman–Crippen MR) is 53.1 cm³/mol. The minimum Gasteiger partial charge on any atom is -0.507 e. The Labute approximate surface area is 78.8 Å². The highest BCUT2D eigenvalue weighted by molar-refractivity contribution is 5.45. The van der Waals surface area contributed by atoms with Gasteiger partial charge in [-0.05, 0) is 30.5 Å². The maximum absolute atomic E-state index is 9.65. The molecule has 72 valence electrons. The molecule has 0 aliphatic carbocycles. The molecule has 0 saturated heterocycles. The molecule has 1 unspecified atom stereocenters. The molecule has 1 rings (SSSR count). The van der Waals surface area contributed by atoms with Crippen LogP contribution >= 0.6 is 0 Å². The zero-order valence-electron chi connectivity index (χ0n) is 8.33. The summed E-state index contributed by atoms with van der Waals surface area (Å²) in [6, 6.07) is 3.84. The van der Waals surface area contributed by atoms with Crippen LogP contribution in [-0.4, -0.2) is 16.8 Å². The molecule has 0 bridgehead atoms.